The maximum atomic E-state index is 3.56. The van der Waals surface area contributed by atoms with E-state index in [0.29, 0.717) is 0 Å². The van der Waals surface area contributed by atoms with Gasteiger partial charge in [0, 0.05) is 0 Å². The predicted octanol–water partition coefficient (Wildman–Crippen LogP) is -3.01. The molecule has 0 unspecified atom stereocenters. The van der Waals surface area contributed by atoms with E-state index in [1.165, 1.54) is 19.0 Å². The molecule has 0 aliphatic rings. The van der Waals surface area contributed by atoms with Crippen LogP contribution in [0.2, 0.25) is 0 Å². The molecule has 1 heterocycles. The third-order valence-electron chi connectivity index (χ3n) is 0.400. The summed E-state index contributed by atoms with van der Waals surface area (Å²) in [6.07, 6.45) is 4.31. The van der Waals surface area contributed by atoms with Crippen LogP contribution in [0.4, 0.5) is 0 Å². The Hall–Kier alpha value is 0.01000. The van der Waals surface area contributed by atoms with Crippen LogP contribution in [0.5, 0.6) is 0 Å². The molecular weight excluding hydrogens is 101 g/mol. The molecule has 0 fully saturated rings. The zero-order valence-corrected chi connectivity index (χ0v) is 6.07. The van der Waals surface area contributed by atoms with Gasteiger partial charge in [0.2, 0.25) is 0 Å². The van der Waals surface area contributed by atoms with Crippen LogP contribution in [0.3, 0.4) is 0 Å². The summed E-state index contributed by atoms with van der Waals surface area (Å²) in [6, 6.07) is 0. The van der Waals surface area contributed by atoms with Crippen molar-refractivity contribution in [2.24, 2.45) is 0 Å². The summed E-state index contributed by atoms with van der Waals surface area (Å²) >= 11 is 0. The van der Waals surface area contributed by atoms with E-state index in [2.05, 4.69) is 15.0 Å². The summed E-state index contributed by atoms with van der Waals surface area (Å²) in [5, 5.41) is 0. The maximum absolute atomic E-state index is 3.56. The molecule has 0 aliphatic carbocycles. The van der Waals surface area contributed by atoms with Crippen LogP contribution in [-0.4, -0.2) is 15.0 Å². The zero-order valence-electron chi connectivity index (χ0n) is 5.07. The van der Waals surface area contributed by atoms with E-state index in [0.717, 1.165) is 0 Å². The first-order chi connectivity index (χ1) is 3.00. The Labute approximate surface area is 65.0 Å². The number of hydrogen-bond acceptors (Lipinski definition) is 3. The SMILES string of the molecule is [H-].[Na+].c1ncncn1. The van der Waals surface area contributed by atoms with E-state index in [-0.39, 0.29) is 31.0 Å². The van der Waals surface area contributed by atoms with Crippen molar-refractivity contribution >= 4 is 0 Å². The largest absolute Gasteiger partial charge is 1.00 e. The molecule has 0 bridgehead atoms. The van der Waals surface area contributed by atoms with Gasteiger partial charge in [0.05, 0.1) is 0 Å². The molecule has 0 atom stereocenters. The molecule has 0 aliphatic heterocycles. The van der Waals surface area contributed by atoms with Gasteiger partial charge in [-0.05, 0) is 0 Å². The van der Waals surface area contributed by atoms with Gasteiger partial charge in [-0.3, -0.25) is 0 Å². The topological polar surface area (TPSA) is 38.7 Å². The van der Waals surface area contributed by atoms with Gasteiger partial charge >= 0.3 is 29.6 Å². The van der Waals surface area contributed by atoms with Crippen LogP contribution < -0.4 is 29.6 Å². The second-order valence-electron chi connectivity index (χ2n) is 0.794. The van der Waals surface area contributed by atoms with Crippen LogP contribution in [0, 0.1) is 0 Å². The van der Waals surface area contributed by atoms with E-state index in [4.69, 9.17) is 0 Å². The fourth-order valence-electron chi connectivity index (χ4n) is 0.205. The fraction of sp³-hybridized carbons (Fsp3) is 0. The first kappa shape index (κ1) is 7.01. The quantitative estimate of drug-likeness (QED) is 0.330. The van der Waals surface area contributed by atoms with Gasteiger partial charge in [-0.1, -0.05) is 0 Å². The molecule has 1 rings (SSSR count). The van der Waals surface area contributed by atoms with Crippen LogP contribution in [0.25, 0.3) is 0 Å². The number of aromatic nitrogens is 3. The summed E-state index contributed by atoms with van der Waals surface area (Å²) in [5.74, 6) is 0. The third-order valence-corrected chi connectivity index (χ3v) is 0.400. The fourth-order valence-corrected chi connectivity index (χ4v) is 0.205. The van der Waals surface area contributed by atoms with Crippen LogP contribution >= 0.6 is 0 Å². The van der Waals surface area contributed by atoms with E-state index < -0.39 is 0 Å². The van der Waals surface area contributed by atoms with Gasteiger partial charge in [0.25, 0.3) is 0 Å². The molecule has 1 aromatic heterocycles. The van der Waals surface area contributed by atoms with Crippen molar-refractivity contribution in [2.45, 2.75) is 0 Å². The molecule has 0 spiro atoms. The normalized spacial score (nSPS) is 6.86. The van der Waals surface area contributed by atoms with Crippen molar-refractivity contribution in [3.8, 4) is 0 Å². The minimum Gasteiger partial charge on any atom is -1.00 e. The van der Waals surface area contributed by atoms with Crippen LogP contribution in [0.1, 0.15) is 1.43 Å². The monoisotopic (exact) mass is 105 g/mol. The second kappa shape index (κ2) is 4.18. The first-order valence-electron chi connectivity index (χ1n) is 1.55. The zero-order chi connectivity index (χ0) is 4.24. The molecule has 0 amide bonds. The number of hydrogen-bond donors (Lipinski definition) is 0. The van der Waals surface area contributed by atoms with Crippen molar-refractivity contribution in [3.05, 3.63) is 19.0 Å². The summed E-state index contributed by atoms with van der Waals surface area (Å²) < 4.78 is 0. The molecule has 0 aromatic carbocycles. The number of nitrogens with zero attached hydrogens (tertiary/aromatic N) is 3. The average Bonchev–Trinajstić information content (AvgIpc) is 1.72. The van der Waals surface area contributed by atoms with Crippen molar-refractivity contribution < 1.29 is 31.0 Å². The van der Waals surface area contributed by atoms with Gasteiger partial charge in [0.15, 0.2) is 0 Å². The summed E-state index contributed by atoms with van der Waals surface area (Å²) in [6.45, 7) is 0. The minimum absolute atomic E-state index is 0. The second-order valence-corrected chi connectivity index (χ2v) is 0.794. The molecular formula is C3H4N3Na. The van der Waals surface area contributed by atoms with Gasteiger partial charge in [-0.15, -0.1) is 0 Å². The molecule has 32 valence electrons. The smallest absolute Gasteiger partial charge is 1.00 e. The van der Waals surface area contributed by atoms with Crippen molar-refractivity contribution in [3.63, 3.8) is 0 Å². The predicted molar refractivity (Wildman–Crippen MR) is 20.9 cm³/mol. The van der Waals surface area contributed by atoms with Gasteiger partial charge in [-0.2, -0.15) is 0 Å². The van der Waals surface area contributed by atoms with Crippen LogP contribution in [0.15, 0.2) is 19.0 Å². The standard InChI is InChI=1S/C3H3N3.Na.H/c1-4-2-6-3-5-1;;/h1-3H;;/q;+1;-1. The van der Waals surface area contributed by atoms with E-state index >= 15 is 0 Å². The van der Waals surface area contributed by atoms with Crippen molar-refractivity contribution in [1.82, 2.24) is 15.0 Å². The molecule has 0 saturated heterocycles. The van der Waals surface area contributed by atoms with E-state index in [9.17, 15) is 0 Å². The Kier molecular flexibility index (Phi) is 4.18. The molecule has 3 nitrogen and oxygen atoms in total. The molecule has 7 heavy (non-hydrogen) atoms. The molecule has 0 N–H and O–H groups in total. The average molecular weight is 105 g/mol. The Morgan fingerprint density at radius 2 is 1.14 bits per heavy atom. The van der Waals surface area contributed by atoms with Gasteiger partial charge < -0.3 is 1.43 Å². The molecule has 0 radical (unpaired) electrons. The summed E-state index contributed by atoms with van der Waals surface area (Å²) in [7, 11) is 0. The van der Waals surface area contributed by atoms with Crippen molar-refractivity contribution in [1.29, 1.82) is 0 Å². The summed E-state index contributed by atoms with van der Waals surface area (Å²) in [5.41, 5.74) is 0. The van der Waals surface area contributed by atoms with Crippen molar-refractivity contribution in [2.75, 3.05) is 0 Å². The molecule has 0 saturated carbocycles. The first-order valence-corrected chi connectivity index (χ1v) is 1.55. The Bertz CT molecular complexity index is 86.5. The molecule has 1 aromatic rings. The molecule has 4 heteroatoms. The van der Waals surface area contributed by atoms with E-state index in [1.54, 1.807) is 0 Å². The Morgan fingerprint density at radius 3 is 1.29 bits per heavy atom. The minimum atomic E-state index is 0. The third kappa shape index (κ3) is 2.68. The van der Waals surface area contributed by atoms with Gasteiger partial charge in [-0.25, -0.2) is 15.0 Å². The Morgan fingerprint density at radius 1 is 0.857 bits per heavy atom. The Balaban J connectivity index is 0. The van der Waals surface area contributed by atoms with E-state index in [1.807, 2.05) is 0 Å². The van der Waals surface area contributed by atoms with Gasteiger partial charge in [0.1, 0.15) is 19.0 Å². The summed E-state index contributed by atoms with van der Waals surface area (Å²) in [4.78, 5) is 10.7. The van der Waals surface area contributed by atoms with Crippen LogP contribution in [-0.2, 0) is 0 Å². The number of rotatable bonds is 0. The maximum Gasteiger partial charge on any atom is 1.00 e.